The zero-order chi connectivity index (χ0) is 13.2. The summed E-state index contributed by atoms with van der Waals surface area (Å²) in [5.41, 5.74) is 0.999. The molecule has 0 spiro atoms. The highest BCUT2D eigenvalue weighted by molar-refractivity contribution is 14.1. The van der Waals surface area contributed by atoms with Gasteiger partial charge in [0, 0.05) is 24.3 Å². The van der Waals surface area contributed by atoms with Crippen LogP contribution in [0.1, 0.15) is 32.2 Å². The minimum atomic E-state index is 0.0806. The van der Waals surface area contributed by atoms with Crippen LogP contribution in [0.25, 0.3) is 0 Å². The molecule has 0 aliphatic carbocycles. The van der Waals surface area contributed by atoms with E-state index in [9.17, 15) is 0 Å². The molecule has 18 heavy (non-hydrogen) atoms. The molecular formula is C12H17IN4O. The standard InChI is InChI=1S/C12H17IN4O/c1-12(2,3)14-6-10-4-11(18-16-10)8-17-7-9(13)5-15-17/h4-5,7,14H,6,8H2,1-3H3. The number of hydrogen-bond donors (Lipinski definition) is 1. The summed E-state index contributed by atoms with van der Waals surface area (Å²) in [6.45, 7) is 7.70. The van der Waals surface area contributed by atoms with Gasteiger partial charge in [-0.05, 0) is 43.4 Å². The van der Waals surface area contributed by atoms with Gasteiger partial charge in [0.25, 0.3) is 0 Å². The van der Waals surface area contributed by atoms with Gasteiger partial charge in [-0.1, -0.05) is 5.16 Å². The first-order valence-electron chi connectivity index (χ1n) is 5.80. The predicted octanol–water partition coefficient (Wildman–Crippen LogP) is 2.41. The summed E-state index contributed by atoms with van der Waals surface area (Å²) in [6.07, 6.45) is 3.79. The Labute approximate surface area is 120 Å². The van der Waals surface area contributed by atoms with Crippen LogP contribution < -0.4 is 5.32 Å². The fraction of sp³-hybridized carbons (Fsp3) is 0.500. The van der Waals surface area contributed by atoms with Gasteiger partial charge in [-0.3, -0.25) is 4.68 Å². The number of aromatic nitrogens is 3. The second kappa shape index (κ2) is 5.40. The molecule has 0 amide bonds. The summed E-state index contributed by atoms with van der Waals surface area (Å²) in [6, 6.07) is 1.97. The van der Waals surface area contributed by atoms with E-state index in [0.29, 0.717) is 13.1 Å². The molecule has 0 aliphatic rings. The molecule has 2 aromatic heterocycles. The molecular weight excluding hydrogens is 343 g/mol. The summed E-state index contributed by atoms with van der Waals surface area (Å²) in [4.78, 5) is 0. The maximum atomic E-state index is 5.29. The third kappa shape index (κ3) is 4.09. The molecule has 1 N–H and O–H groups in total. The quantitative estimate of drug-likeness (QED) is 0.851. The van der Waals surface area contributed by atoms with Gasteiger partial charge in [0.2, 0.25) is 0 Å². The highest BCUT2D eigenvalue weighted by atomic mass is 127. The van der Waals surface area contributed by atoms with E-state index in [4.69, 9.17) is 4.52 Å². The van der Waals surface area contributed by atoms with E-state index in [-0.39, 0.29) is 5.54 Å². The van der Waals surface area contributed by atoms with Gasteiger partial charge in [-0.2, -0.15) is 5.10 Å². The zero-order valence-corrected chi connectivity index (χ0v) is 12.9. The Morgan fingerprint density at radius 3 is 2.83 bits per heavy atom. The van der Waals surface area contributed by atoms with Crippen molar-refractivity contribution in [1.29, 1.82) is 0 Å². The smallest absolute Gasteiger partial charge is 0.158 e. The Morgan fingerprint density at radius 2 is 2.22 bits per heavy atom. The highest BCUT2D eigenvalue weighted by Crippen LogP contribution is 2.09. The number of nitrogens with zero attached hydrogens (tertiary/aromatic N) is 3. The first-order valence-corrected chi connectivity index (χ1v) is 6.88. The van der Waals surface area contributed by atoms with Crippen molar-refractivity contribution >= 4 is 22.6 Å². The van der Waals surface area contributed by atoms with E-state index in [1.54, 1.807) is 0 Å². The summed E-state index contributed by atoms with van der Waals surface area (Å²) in [5.74, 6) is 0.820. The average Bonchev–Trinajstić information content (AvgIpc) is 2.85. The van der Waals surface area contributed by atoms with Crippen molar-refractivity contribution in [3.8, 4) is 0 Å². The van der Waals surface area contributed by atoms with E-state index in [0.717, 1.165) is 15.0 Å². The number of rotatable bonds is 4. The van der Waals surface area contributed by atoms with Gasteiger partial charge in [0.1, 0.15) is 6.54 Å². The zero-order valence-electron chi connectivity index (χ0n) is 10.8. The van der Waals surface area contributed by atoms with Crippen LogP contribution in [0.2, 0.25) is 0 Å². The lowest BCUT2D eigenvalue weighted by Gasteiger charge is -2.19. The molecule has 6 heteroatoms. The molecule has 0 aliphatic heterocycles. The van der Waals surface area contributed by atoms with Crippen LogP contribution in [0.3, 0.4) is 0 Å². The molecule has 98 valence electrons. The Bertz CT molecular complexity index is 512. The van der Waals surface area contributed by atoms with E-state index in [2.05, 4.69) is 58.9 Å². The Morgan fingerprint density at radius 1 is 1.44 bits per heavy atom. The van der Waals surface area contributed by atoms with Crippen molar-refractivity contribution < 1.29 is 4.52 Å². The largest absolute Gasteiger partial charge is 0.359 e. The average molecular weight is 360 g/mol. The SMILES string of the molecule is CC(C)(C)NCc1cc(Cn2cc(I)cn2)on1. The van der Waals surface area contributed by atoms with E-state index in [1.807, 2.05) is 23.1 Å². The minimum absolute atomic E-state index is 0.0806. The van der Waals surface area contributed by atoms with Gasteiger partial charge in [0.05, 0.1) is 15.5 Å². The summed E-state index contributed by atoms with van der Waals surface area (Å²) in [5, 5.41) is 11.6. The number of halogens is 1. The van der Waals surface area contributed by atoms with Crippen LogP contribution in [0, 0.1) is 3.57 Å². The lowest BCUT2D eigenvalue weighted by atomic mass is 10.1. The fourth-order valence-electron chi connectivity index (χ4n) is 1.45. The molecule has 0 atom stereocenters. The second-order valence-corrected chi connectivity index (χ2v) is 6.49. The van der Waals surface area contributed by atoms with Crippen molar-refractivity contribution in [3.63, 3.8) is 0 Å². The van der Waals surface area contributed by atoms with Gasteiger partial charge in [-0.15, -0.1) is 0 Å². The lowest BCUT2D eigenvalue weighted by Crippen LogP contribution is -2.35. The van der Waals surface area contributed by atoms with Gasteiger partial charge in [0.15, 0.2) is 5.76 Å². The molecule has 0 bridgehead atoms. The number of hydrogen-bond acceptors (Lipinski definition) is 4. The molecule has 0 saturated heterocycles. The van der Waals surface area contributed by atoms with Gasteiger partial charge < -0.3 is 9.84 Å². The lowest BCUT2D eigenvalue weighted by molar-refractivity contribution is 0.357. The molecule has 0 fully saturated rings. The minimum Gasteiger partial charge on any atom is -0.359 e. The predicted molar refractivity (Wildman–Crippen MR) is 77.1 cm³/mol. The Kier molecular flexibility index (Phi) is 4.06. The van der Waals surface area contributed by atoms with Crippen LogP contribution in [0.4, 0.5) is 0 Å². The molecule has 2 aromatic rings. The first kappa shape index (κ1) is 13.5. The van der Waals surface area contributed by atoms with Gasteiger partial charge >= 0.3 is 0 Å². The number of nitrogens with one attached hydrogen (secondary N) is 1. The van der Waals surface area contributed by atoms with Crippen molar-refractivity contribution in [2.75, 3.05) is 0 Å². The maximum Gasteiger partial charge on any atom is 0.158 e. The molecule has 5 nitrogen and oxygen atoms in total. The van der Waals surface area contributed by atoms with Crippen LogP contribution in [-0.4, -0.2) is 20.5 Å². The van der Waals surface area contributed by atoms with Crippen LogP contribution >= 0.6 is 22.6 Å². The third-order valence-corrected chi connectivity index (χ3v) is 2.88. The Balaban J connectivity index is 1.94. The van der Waals surface area contributed by atoms with Gasteiger partial charge in [-0.25, -0.2) is 0 Å². The molecule has 0 unspecified atom stereocenters. The summed E-state index contributed by atoms with van der Waals surface area (Å²) >= 11 is 2.23. The van der Waals surface area contributed by atoms with Crippen LogP contribution in [0.15, 0.2) is 23.0 Å². The fourth-order valence-corrected chi connectivity index (χ4v) is 1.90. The second-order valence-electron chi connectivity index (χ2n) is 5.24. The summed E-state index contributed by atoms with van der Waals surface area (Å²) < 4.78 is 8.24. The summed E-state index contributed by atoms with van der Waals surface area (Å²) in [7, 11) is 0. The Hall–Kier alpha value is -0.890. The monoisotopic (exact) mass is 360 g/mol. The molecule has 0 aromatic carbocycles. The topological polar surface area (TPSA) is 55.9 Å². The highest BCUT2D eigenvalue weighted by Gasteiger charge is 2.11. The van der Waals surface area contributed by atoms with Crippen molar-refractivity contribution in [1.82, 2.24) is 20.3 Å². The van der Waals surface area contributed by atoms with Crippen molar-refractivity contribution in [3.05, 3.63) is 33.5 Å². The first-order chi connectivity index (χ1) is 8.42. The van der Waals surface area contributed by atoms with Crippen molar-refractivity contribution in [2.45, 2.75) is 39.4 Å². The molecule has 0 saturated carbocycles. The molecule has 0 radical (unpaired) electrons. The van der Waals surface area contributed by atoms with E-state index >= 15 is 0 Å². The van der Waals surface area contributed by atoms with Crippen LogP contribution in [0.5, 0.6) is 0 Å². The molecule has 2 rings (SSSR count). The van der Waals surface area contributed by atoms with E-state index < -0.39 is 0 Å². The normalized spacial score (nSPS) is 12.0. The van der Waals surface area contributed by atoms with Crippen LogP contribution in [-0.2, 0) is 13.1 Å². The molecule has 2 heterocycles. The van der Waals surface area contributed by atoms with E-state index in [1.165, 1.54) is 0 Å². The third-order valence-electron chi connectivity index (χ3n) is 2.33. The maximum absolute atomic E-state index is 5.29. The van der Waals surface area contributed by atoms with Crippen molar-refractivity contribution in [2.24, 2.45) is 0 Å².